The van der Waals surface area contributed by atoms with Crippen LogP contribution in [0.1, 0.15) is 11.7 Å². The van der Waals surface area contributed by atoms with Crippen LogP contribution in [0.4, 0.5) is 0 Å². The fourth-order valence-corrected chi connectivity index (χ4v) is 2.22. The van der Waals surface area contributed by atoms with Gasteiger partial charge in [0.05, 0.1) is 0 Å². The fraction of sp³-hybridized carbons (Fsp3) is 0.231. The maximum Gasteiger partial charge on any atom is 0.306 e. The summed E-state index contributed by atoms with van der Waals surface area (Å²) in [5.41, 5.74) is 0.836. The Morgan fingerprint density at radius 2 is 2.26 bits per heavy atom. The van der Waals surface area contributed by atoms with E-state index in [1.165, 1.54) is 0 Å². The molecular weight excluding hydrogens is 347 g/mol. The maximum atomic E-state index is 8.36. The van der Waals surface area contributed by atoms with Crippen molar-refractivity contribution in [2.75, 3.05) is 6.61 Å². The molecule has 1 aromatic heterocycles. The first-order chi connectivity index (χ1) is 10.9. The molecular formula is C13H13Cl2N4O4+. The van der Waals surface area contributed by atoms with Gasteiger partial charge in [-0.25, -0.2) is 0 Å². The van der Waals surface area contributed by atoms with Crippen molar-refractivity contribution in [3.05, 3.63) is 56.6 Å². The molecule has 0 radical (unpaired) electrons. The molecule has 0 bridgehead atoms. The molecule has 2 rings (SSSR count). The molecule has 0 aliphatic rings. The van der Waals surface area contributed by atoms with Gasteiger partial charge in [-0.15, -0.1) is 16.5 Å². The topological polar surface area (TPSA) is 105 Å². The highest BCUT2D eigenvalue weighted by molar-refractivity contribution is 6.35. The highest BCUT2D eigenvalue weighted by Gasteiger charge is 2.19. The van der Waals surface area contributed by atoms with E-state index in [1.54, 1.807) is 29.5 Å². The average Bonchev–Trinajstić information content (AvgIpc) is 2.96. The van der Waals surface area contributed by atoms with Gasteiger partial charge in [0.2, 0.25) is 6.33 Å². The molecule has 1 heterocycles. The van der Waals surface area contributed by atoms with Gasteiger partial charge >= 0.3 is 6.33 Å². The Labute approximate surface area is 141 Å². The zero-order valence-corrected chi connectivity index (χ0v) is 13.2. The number of hydrogen-bond donors (Lipinski definition) is 2. The largest absolute Gasteiger partial charge is 0.357 e. The van der Waals surface area contributed by atoms with Crippen LogP contribution in [0.3, 0.4) is 0 Å². The number of aromatic amines is 1. The Morgan fingerprint density at radius 1 is 1.57 bits per heavy atom. The molecule has 0 aliphatic heterocycles. The predicted octanol–water partition coefficient (Wildman–Crippen LogP) is 2.05. The Kier molecular flexibility index (Phi) is 7.83. The SMILES string of the molecule is C#CCOC(C[n+]1cnc[nH]1)c1ccc(Cl)cc1Cl.O=[N+]([O-])O. The summed E-state index contributed by atoms with van der Waals surface area (Å²) in [6.07, 6.45) is 8.21. The van der Waals surface area contributed by atoms with Gasteiger partial charge in [-0.2, -0.15) is 9.78 Å². The lowest BCUT2D eigenvalue weighted by molar-refractivity contribution is -0.758. The maximum absolute atomic E-state index is 8.36. The second-order valence-electron chi connectivity index (χ2n) is 4.08. The van der Waals surface area contributed by atoms with Gasteiger partial charge in [0, 0.05) is 15.6 Å². The van der Waals surface area contributed by atoms with E-state index in [0.717, 1.165) is 5.56 Å². The number of benzene rings is 1. The van der Waals surface area contributed by atoms with E-state index >= 15 is 0 Å². The van der Waals surface area contributed by atoms with E-state index in [2.05, 4.69) is 16.0 Å². The summed E-state index contributed by atoms with van der Waals surface area (Å²) in [6.45, 7) is 0.737. The Hall–Kier alpha value is -2.34. The molecule has 0 aliphatic carbocycles. The first-order valence-electron chi connectivity index (χ1n) is 6.15. The highest BCUT2D eigenvalue weighted by Crippen LogP contribution is 2.28. The van der Waals surface area contributed by atoms with Crippen molar-refractivity contribution in [1.82, 2.24) is 10.1 Å². The first-order valence-corrected chi connectivity index (χ1v) is 6.90. The lowest BCUT2D eigenvalue weighted by Gasteiger charge is -2.16. The third-order valence-corrected chi connectivity index (χ3v) is 3.11. The average molecular weight is 360 g/mol. The van der Waals surface area contributed by atoms with Crippen molar-refractivity contribution in [1.29, 1.82) is 0 Å². The van der Waals surface area contributed by atoms with Crippen molar-refractivity contribution in [3.8, 4) is 12.3 Å². The molecule has 0 amide bonds. The number of nitrogens with zero attached hydrogens (tertiary/aromatic N) is 3. The molecule has 122 valence electrons. The molecule has 2 aromatic rings. The Morgan fingerprint density at radius 3 is 2.78 bits per heavy atom. The minimum absolute atomic E-state index is 0.207. The summed E-state index contributed by atoms with van der Waals surface area (Å²) in [6, 6.07) is 5.29. The van der Waals surface area contributed by atoms with Crippen molar-refractivity contribution >= 4 is 23.2 Å². The minimum atomic E-state index is -1.50. The second kappa shape index (κ2) is 9.63. The number of hydrogen-bond acceptors (Lipinski definition) is 4. The Balaban J connectivity index is 0.000000593. The smallest absolute Gasteiger partial charge is 0.306 e. The predicted molar refractivity (Wildman–Crippen MR) is 81.6 cm³/mol. The molecule has 8 nitrogen and oxygen atoms in total. The van der Waals surface area contributed by atoms with Crippen molar-refractivity contribution in [2.24, 2.45) is 0 Å². The van der Waals surface area contributed by atoms with E-state index < -0.39 is 5.09 Å². The zero-order valence-electron chi connectivity index (χ0n) is 11.7. The van der Waals surface area contributed by atoms with E-state index in [0.29, 0.717) is 16.6 Å². The summed E-state index contributed by atoms with van der Waals surface area (Å²) in [5, 5.41) is 17.7. The number of terminal acetylenes is 1. The van der Waals surface area contributed by atoms with Crippen LogP contribution in [0.15, 0.2) is 30.9 Å². The molecule has 1 aromatic carbocycles. The third kappa shape index (κ3) is 6.97. The van der Waals surface area contributed by atoms with Crippen LogP contribution in [-0.4, -0.2) is 27.0 Å². The number of rotatable bonds is 5. The molecule has 10 heteroatoms. The van der Waals surface area contributed by atoms with Gasteiger partial charge in [0.25, 0.3) is 5.09 Å². The highest BCUT2D eigenvalue weighted by atomic mass is 35.5. The molecule has 0 saturated heterocycles. The van der Waals surface area contributed by atoms with Crippen LogP contribution in [-0.2, 0) is 11.3 Å². The monoisotopic (exact) mass is 359 g/mol. The van der Waals surface area contributed by atoms with Gasteiger partial charge in [0.1, 0.15) is 19.3 Å². The third-order valence-electron chi connectivity index (χ3n) is 2.54. The van der Waals surface area contributed by atoms with Crippen LogP contribution in [0.5, 0.6) is 0 Å². The van der Waals surface area contributed by atoms with Crippen LogP contribution in [0, 0.1) is 22.5 Å². The molecule has 0 fully saturated rings. The van der Waals surface area contributed by atoms with Gasteiger partial charge in [-0.1, -0.05) is 35.2 Å². The van der Waals surface area contributed by atoms with Crippen molar-refractivity contribution in [3.63, 3.8) is 0 Å². The van der Waals surface area contributed by atoms with E-state index in [9.17, 15) is 0 Å². The van der Waals surface area contributed by atoms with Crippen LogP contribution >= 0.6 is 23.2 Å². The summed E-state index contributed by atoms with van der Waals surface area (Å²) in [7, 11) is 0. The number of aromatic nitrogens is 3. The molecule has 2 N–H and O–H groups in total. The number of ether oxygens (including phenoxy) is 1. The Bertz CT molecular complexity index is 669. The number of halogens is 2. The summed E-state index contributed by atoms with van der Waals surface area (Å²) >= 11 is 12.1. The van der Waals surface area contributed by atoms with Crippen molar-refractivity contribution in [2.45, 2.75) is 12.6 Å². The lowest BCUT2D eigenvalue weighted by Crippen LogP contribution is -2.38. The van der Waals surface area contributed by atoms with Crippen LogP contribution < -0.4 is 4.68 Å². The van der Waals surface area contributed by atoms with Gasteiger partial charge in [-0.3, -0.25) is 0 Å². The molecule has 1 unspecified atom stereocenters. The van der Waals surface area contributed by atoms with Crippen LogP contribution in [0.25, 0.3) is 0 Å². The lowest BCUT2D eigenvalue weighted by atomic mass is 10.1. The number of H-pyrrole nitrogens is 1. The van der Waals surface area contributed by atoms with Crippen molar-refractivity contribution < 1.29 is 19.7 Å². The molecule has 23 heavy (non-hydrogen) atoms. The van der Waals surface area contributed by atoms with Gasteiger partial charge in [0.15, 0.2) is 0 Å². The summed E-state index contributed by atoms with van der Waals surface area (Å²) < 4.78 is 7.42. The molecule has 0 spiro atoms. The van der Waals surface area contributed by atoms with E-state index in [-0.39, 0.29) is 12.7 Å². The van der Waals surface area contributed by atoms with E-state index in [1.807, 2.05) is 6.07 Å². The normalized spacial score (nSPS) is 11.0. The number of nitrogens with one attached hydrogen (secondary N) is 1. The van der Waals surface area contributed by atoms with Gasteiger partial charge < -0.3 is 9.94 Å². The standard InChI is InChI=1S/C13H11Cl2N3O.HNO3/c1-2-5-19-13(7-18-9-16-8-17-18)11-4-3-10(14)6-12(11)15;2-1(3)4/h1,3-4,6,8-9,13H,5,7H2;(H,2,3,4)/p+1. The summed E-state index contributed by atoms with van der Waals surface area (Å²) in [4.78, 5) is 12.3. The quantitative estimate of drug-likeness (QED) is 0.367. The minimum Gasteiger partial charge on any atom is -0.357 e. The first kappa shape index (κ1) is 18.7. The van der Waals surface area contributed by atoms with Crippen LogP contribution in [0.2, 0.25) is 10.0 Å². The molecule has 0 saturated carbocycles. The van der Waals surface area contributed by atoms with E-state index in [4.69, 9.17) is 49.7 Å². The second-order valence-corrected chi connectivity index (χ2v) is 4.93. The zero-order chi connectivity index (χ0) is 17.2. The summed E-state index contributed by atoms with van der Waals surface area (Å²) in [5.74, 6) is 2.45. The fourth-order valence-electron chi connectivity index (χ4n) is 1.69. The van der Waals surface area contributed by atoms with Gasteiger partial charge in [-0.05, 0) is 17.1 Å². The molecule has 1 atom stereocenters.